The van der Waals surface area contributed by atoms with E-state index in [1.54, 1.807) is 0 Å². The number of amides is 1. The number of carbonyl (C=O) groups is 1. The number of rotatable bonds is 1. The molecule has 4 heteroatoms. The highest BCUT2D eigenvalue weighted by molar-refractivity contribution is 6.34. The molecule has 2 heterocycles. The van der Waals surface area contributed by atoms with Crippen LogP contribution >= 0.6 is 0 Å². The zero-order chi connectivity index (χ0) is 14.4. The van der Waals surface area contributed by atoms with Gasteiger partial charge in [-0.15, -0.1) is 0 Å². The van der Waals surface area contributed by atoms with Crippen LogP contribution < -0.4 is 14.8 Å². The molecule has 0 aliphatic carbocycles. The number of benzene rings is 2. The van der Waals surface area contributed by atoms with E-state index < -0.39 is 0 Å². The van der Waals surface area contributed by atoms with E-state index in [4.69, 9.17) is 9.47 Å². The maximum absolute atomic E-state index is 12.1. The average Bonchev–Trinajstić information content (AvgIpc) is 3.04. The van der Waals surface area contributed by atoms with Crippen molar-refractivity contribution in [3.63, 3.8) is 0 Å². The van der Waals surface area contributed by atoms with Crippen molar-refractivity contribution in [2.24, 2.45) is 0 Å². The van der Waals surface area contributed by atoms with Gasteiger partial charge >= 0.3 is 0 Å². The Balaban J connectivity index is 1.80. The molecule has 2 aromatic rings. The zero-order valence-corrected chi connectivity index (χ0v) is 11.5. The molecule has 2 aliphatic heterocycles. The summed E-state index contributed by atoms with van der Waals surface area (Å²) >= 11 is 0. The van der Waals surface area contributed by atoms with Crippen LogP contribution in [0.2, 0.25) is 0 Å². The Kier molecular flexibility index (Phi) is 2.51. The monoisotopic (exact) mass is 279 g/mol. The van der Waals surface area contributed by atoms with Gasteiger partial charge in [-0.05, 0) is 42.8 Å². The summed E-state index contributed by atoms with van der Waals surface area (Å²) in [4.78, 5) is 12.1. The fraction of sp³-hybridized carbons (Fsp3) is 0.118. The van der Waals surface area contributed by atoms with Gasteiger partial charge in [-0.2, -0.15) is 0 Å². The van der Waals surface area contributed by atoms with Gasteiger partial charge in [-0.25, -0.2) is 0 Å². The van der Waals surface area contributed by atoms with Gasteiger partial charge in [0, 0.05) is 16.8 Å². The van der Waals surface area contributed by atoms with Crippen LogP contribution in [0.3, 0.4) is 0 Å². The van der Waals surface area contributed by atoms with Gasteiger partial charge in [-0.1, -0.05) is 17.7 Å². The normalized spacial score (nSPS) is 17.0. The van der Waals surface area contributed by atoms with Crippen molar-refractivity contribution in [2.75, 3.05) is 12.1 Å². The number of ether oxygens (including phenoxy) is 2. The topological polar surface area (TPSA) is 47.6 Å². The molecule has 1 amide bonds. The van der Waals surface area contributed by atoms with Gasteiger partial charge in [0.25, 0.3) is 5.91 Å². The summed E-state index contributed by atoms with van der Waals surface area (Å²) < 4.78 is 10.7. The largest absolute Gasteiger partial charge is 0.454 e. The molecule has 0 bridgehead atoms. The summed E-state index contributed by atoms with van der Waals surface area (Å²) in [5.41, 5.74) is 4.52. The Morgan fingerprint density at radius 3 is 2.86 bits per heavy atom. The highest BCUT2D eigenvalue weighted by Crippen LogP contribution is 2.36. The van der Waals surface area contributed by atoms with Gasteiger partial charge in [0.15, 0.2) is 11.5 Å². The Hall–Kier alpha value is -2.75. The van der Waals surface area contributed by atoms with Gasteiger partial charge in [0.05, 0.1) is 0 Å². The van der Waals surface area contributed by atoms with E-state index in [2.05, 4.69) is 5.32 Å². The highest BCUT2D eigenvalue weighted by Gasteiger charge is 2.24. The van der Waals surface area contributed by atoms with Crippen molar-refractivity contribution >= 4 is 23.2 Å². The Bertz CT molecular complexity index is 793. The maximum Gasteiger partial charge on any atom is 0.256 e. The lowest BCUT2D eigenvalue weighted by molar-refractivity contribution is -0.110. The second-order valence-electron chi connectivity index (χ2n) is 5.17. The number of hydrogen-bond donors (Lipinski definition) is 1. The van der Waals surface area contributed by atoms with E-state index in [9.17, 15) is 4.79 Å². The fourth-order valence-electron chi connectivity index (χ4n) is 2.61. The molecule has 2 aromatic carbocycles. The van der Waals surface area contributed by atoms with Gasteiger partial charge in [0.1, 0.15) is 0 Å². The minimum Gasteiger partial charge on any atom is -0.454 e. The molecule has 0 spiro atoms. The van der Waals surface area contributed by atoms with Gasteiger partial charge in [-0.3, -0.25) is 4.79 Å². The second-order valence-corrected chi connectivity index (χ2v) is 5.17. The Morgan fingerprint density at radius 2 is 1.95 bits per heavy atom. The van der Waals surface area contributed by atoms with E-state index in [-0.39, 0.29) is 12.7 Å². The first-order valence-corrected chi connectivity index (χ1v) is 6.74. The third kappa shape index (κ3) is 1.96. The molecule has 0 saturated carbocycles. The molecule has 104 valence electrons. The van der Waals surface area contributed by atoms with Crippen molar-refractivity contribution in [1.29, 1.82) is 0 Å². The SMILES string of the molecule is Cc1ccc2c(c1)/C(=C\c1ccc3c(c1)OCO3)C(=O)N2. The van der Waals surface area contributed by atoms with Crippen LogP contribution in [0.1, 0.15) is 16.7 Å². The van der Waals surface area contributed by atoms with E-state index in [1.807, 2.05) is 49.4 Å². The molecule has 0 atom stereocenters. The third-order valence-electron chi connectivity index (χ3n) is 3.67. The molecule has 0 aromatic heterocycles. The molecule has 4 rings (SSSR count). The van der Waals surface area contributed by atoms with E-state index in [0.29, 0.717) is 11.3 Å². The summed E-state index contributed by atoms with van der Waals surface area (Å²) in [7, 11) is 0. The predicted octanol–water partition coefficient (Wildman–Crippen LogP) is 3.22. The summed E-state index contributed by atoms with van der Waals surface area (Å²) in [5, 5.41) is 2.88. The molecule has 21 heavy (non-hydrogen) atoms. The first kappa shape index (κ1) is 12.0. The molecule has 0 fully saturated rings. The minimum absolute atomic E-state index is 0.0757. The molecular formula is C17H13NO3. The number of anilines is 1. The van der Waals surface area contributed by atoms with E-state index in [1.165, 1.54) is 0 Å². The van der Waals surface area contributed by atoms with Crippen LogP contribution in [-0.2, 0) is 4.79 Å². The van der Waals surface area contributed by atoms with Crippen molar-refractivity contribution in [1.82, 2.24) is 0 Å². The lowest BCUT2D eigenvalue weighted by Gasteiger charge is -2.01. The van der Waals surface area contributed by atoms with E-state index >= 15 is 0 Å². The highest BCUT2D eigenvalue weighted by atomic mass is 16.7. The predicted molar refractivity (Wildman–Crippen MR) is 80.2 cm³/mol. The van der Waals surface area contributed by atoms with Crippen LogP contribution in [-0.4, -0.2) is 12.7 Å². The summed E-state index contributed by atoms with van der Waals surface area (Å²) in [6, 6.07) is 11.6. The molecule has 0 unspecified atom stereocenters. The molecule has 1 N–H and O–H groups in total. The summed E-state index contributed by atoms with van der Waals surface area (Å²) in [6.07, 6.45) is 1.88. The summed E-state index contributed by atoms with van der Waals surface area (Å²) in [6.45, 7) is 2.26. The molecule has 0 saturated heterocycles. The number of hydrogen-bond acceptors (Lipinski definition) is 3. The number of carbonyl (C=O) groups excluding carboxylic acids is 1. The van der Waals surface area contributed by atoms with Crippen molar-refractivity contribution in [2.45, 2.75) is 6.92 Å². The second kappa shape index (κ2) is 4.38. The first-order valence-electron chi connectivity index (χ1n) is 6.74. The van der Waals surface area contributed by atoms with E-state index in [0.717, 1.165) is 28.1 Å². The first-order chi connectivity index (χ1) is 10.2. The molecule has 4 nitrogen and oxygen atoms in total. The molecular weight excluding hydrogens is 266 g/mol. The number of nitrogens with one attached hydrogen (secondary N) is 1. The lowest BCUT2D eigenvalue weighted by Crippen LogP contribution is -2.03. The van der Waals surface area contributed by atoms with Crippen molar-refractivity contribution < 1.29 is 14.3 Å². The van der Waals surface area contributed by atoms with Gasteiger partial charge in [0.2, 0.25) is 6.79 Å². The Labute approximate surface area is 122 Å². The number of fused-ring (bicyclic) bond motifs is 2. The smallest absolute Gasteiger partial charge is 0.256 e. The zero-order valence-electron chi connectivity index (χ0n) is 11.5. The molecule has 2 aliphatic rings. The van der Waals surface area contributed by atoms with Gasteiger partial charge < -0.3 is 14.8 Å². The fourth-order valence-corrected chi connectivity index (χ4v) is 2.61. The third-order valence-corrected chi connectivity index (χ3v) is 3.67. The summed E-state index contributed by atoms with van der Waals surface area (Å²) in [5.74, 6) is 1.38. The quantitative estimate of drug-likeness (QED) is 0.815. The van der Waals surface area contributed by atoms with Crippen LogP contribution in [0.4, 0.5) is 5.69 Å². The standard InChI is InChI=1S/C17H13NO3/c1-10-2-4-14-12(6-10)13(17(19)18-14)7-11-3-5-15-16(8-11)21-9-20-15/h2-8H,9H2,1H3,(H,18,19)/b13-7+. The van der Waals surface area contributed by atoms with Crippen molar-refractivity contribution in [3.05, 3.63) is 53.1 Å². The minimum atomic E-state index is -0.0757. The molecule has 0 radical (unpaired) electrons. The maximum atomic E-state index is 12.1. The Morgan fingerprint density at radius 1 is 1.10 bits per heavy atom. The van der Waals surface area contributed by atoms with Crippen LogP contribution in [0.5, 0.6) is 11.5 Å². The van der Waals surface area contributed by atoms with Crippen LogP contribution in [0.15, 0.2) is 36.4 Å². The van der Waals surface area contributed by atoms with Crippen LogP contribution in [0, 0.1) is 6.92 Å². The van der Waals surface area contributed by atoms with Crippen molar-refractivity contribution in [3.8, 4) is 11.5 Å². The van der Waals surface area contributed by atoms with Crippen LogP contribution in [0.25, 0.3) is 11.6 Å². The lowest BCUT2D eigenvalue weighted by atomic mass is 10.0. The number of aryl methyl sites for hydroxylation is 1. The average molecular weight is 279 g/mol.